The van der Waals surface area contributed by atoms with E-state index in [2.05, 4.69) is 47.1 Å². The van der Waals surface area contributed by atoms with Gasteiger partial charge < -0.3 is 18.8 Å². The van der Waals surface area contributed by atoms with Gasteiger partial charge in [-0.05, 0) is 55.3 Å². The first kappa shape index (κ1) is 21.0. The van der Waals surface area contributed by atoms with Gasteiger partial charge in [-0.25, -0.2) is 0 Å². The Labute approximate surface area is 193 Å². The van der Waals surface area contributed by atoms with Crippen LogP contribution in [0.1, 0.15) is 11.1 Å². The number of piperazine rings is 1. The minimum Gasteiger partial charge on any atom is -0.415 e. The molecule has 2 aromatic carbocycles. The highest BCUT2D eigenvalue weighted by Crippen LogP contribution is 2.26. The Bertz CT molecular complexity index is 1250. The van der Waals surface area contributed by atoms with E-state index in [0.29, 0.717) is 24.9 Å². The molecule has 7 heteroatoms. The fourth-order valence-corrected chi connectivity index (χ4v) is 4.29. The highest BCUT2D eigenvalue weighted by atomic mass is 16.4. The Morgan fingerprint density at radius 1 is 0.879 bits per heavy atom. The van der Waals surface area contributed by atoms with Crippen LogP contribution in [0.5, 0.6) is 0 Å². The Hall–Kier alpha value is -3.87. The summed E-state index contributed by atoms with van der Waals surface area (Å²) in [6.45, 7) is 7.63. The van der Waals surface area contributed by atoms with Gasteiger partial charge in [0, 0.05) is 43.6 Å². The molecule has 168 valence electrons. The summed E-state index contributed by atoms with van der Waals surface area (Å²) in [5.41, 5.74) is 5.48. The Balaban J connectivity index is 1.25. The lowest BCUT2D eigenvalue weighted by Crippen LogP contribution is -2.49. The standard InChI is InChI=1S/C26H27N5O2/c1-19-8-6-11-22(20(19)2)29-14-16-30(17-15-29)24(32)18-31-13-7-12-23(31)26-28-27-25(33-26)21-9-4-3-5-10-21/h3-13H,14-18H2,1-2H3. The molecule has 0 atom stereocenters. The maximum absolute atomic E-state index is 13.1. The van der Waals surface area contributed by atoms with Crippen LogP contribution in [-0.4, -0.2) is 51.8 Å². The molecule has 1 saturated heterocycles. The summed E-state index contributed by atoms with van der Waals surface area (Å²) < 4.78 is 7.77. The van der Waals surface area contributed by atoms with Gasteiger partial charge in [-0.3, -0.25) is 4.79 Å². The summed E-state index contributed by atoms with van der Waals surface area (Å²) in [7, 11) is 0. The normalized spacial score (nSPS) is 14.0. The highest BCUT2D eigenvalue weighted by Gasteiger charge is 2.23. The molecule has 1 aliphatic rings. The van der Waals surface area contributed by atoms with Crippen LogP contribution in [0.2, 0.25) is 0 Å². The van der Waals surface area contributed by atoms with Crippen LogP contribution < -0.4 is 4.90 Å². The van der Waals surface area contributed by atoms with E-state index in [0.717, 1.165) is 24.3 Å². The first-order valence-electron chi connectivity index (χ1n) is 11.2. The Morgan fingerprint density at radius 2 is 1.64 bits per heavy atom. The third-order valence-corrected chi connectivity index (χ3v) is 6.35. The van der Waals surface area contributed by atoms with E-state index in [1.54, 1.807) is 0 Å². The van der Waals surface area contributed by atoms with Gasteiger partial charge in [0.15, 0.2) is 0 Å². The van der Waals surface area contributed by atoms with Crippen LogP contribution in [0, 0.1) is 13.8 Å². The molecule has 0 aliphatic carbocycles. The van der Waals surface area contributed by atoms with Gasteiger partial charge in [-0.1, -0.05) is 30.3 Å². The molecule has 1 fully saturated rings. The van der Waals surface area contributed by atoms with E-state index in [4.69, 9.17) is 4.42 Å². The quantitative estimate of drug-likeness (QED) is 0.465. The average Bonchev–Trinajstić information content (AvgIpc) is 3.51. The lowest BCUT2D eigenvalue weighted by Gasteiger charge is -2.37. The zero-order valence-corrected chi connectivity index (χ0v) is 18.9. The van der Waals surface area contributed by atoms with E-state index in [9.17, 15) is 4.79 Å². The van der Waals surface area contributed by atoms with Crippen LogP contribution >= 0.6 is 0 Å². The first-order chi connectivity index (χ1) is 16.1. The molecular weight excluding hydrogens is 414 g/mol. The third kappa shape index (κ3) is 4.26. The van der Waals surface area contributed by atoms with E-state index < -0.39 is 0 Å². The lowest BCUT2D eigenvalue weighted by atomic mass is 10.1. The van der Waals surface area contributed by atoms with Crippen molar-refractivity contribution in [2.75, 3.05) is 31.1 Å². The maximum Gasteiger partial charge on any atom is 0.264 e. The number of carbonyl (C=O) groups excluding carboxylic acids is 1. The van der Waals surface area contributed by atoms with E-state index in [-0.39, 0.29) is 12.5 Å². The Kier molecular flexibility index (Phi) is 5.69. The molecule has 5 rings (SSSR count). The van der Waals surface area contributed by atoms with Crippen molar-refractivity contribution in [3.8, 4) is 23.0 Å². The number of aromatic nitrogens is 3. The summed E-state index contributed by atoms with van der Waals surface area (Å²) in [5, 5.41) is 8.38. The van der Waals surface area contributed by atoms with Gasteiger partial charge in [0.2, 0.25) is 11.8 Å². The largest absolute Gasteiger partial charge is 0.415 e. The van der Waals surface area contributed by atoms with Crippen LogP contribution in [0.3, 0.4) is 0 Å². The monoisotopic (exact) mass is 441 g/mol. The minimum atomic E-state index is 0.0934. The molecule has 1 amide bonds. The van der Waals surface area contributed by atoms with Crippen molar-refractivity contribution >= 4 is 11.6 Å². The van der Waals surface area contributed by atoms with Crippen molar-refractivity contribution in [1.82, 2.24) is 19.7 Å². The van der Waals surface area contributed by atoms with Gasteiger partial charge >= 0.3 is 0 Å². The summed E-state index contributed by atoms with van der Waals surface area (Å²) in [4.78, 5) is 17.4. The van der Waals surface area contributed by atoms with E-state index >= 15 is 0 Å². The summed E-state index contributed by atoms with van der Waals surface area (Å²) in [6.07, 6.45) is 1.88. The van der Waals surface area contributed by atoms with E-state index in [1.165, 1.54) is 16.8 Å². The molecule has 1 aliphatic heterocycles. The molecule has 7 nitrogen and oxygen atoms in total. The van der Waals surface area contributed by atoms with Gasteiger partial charge in [-0.2, -0.15) is 0 Å². The molecule has 0 unspecified atom stereocenters. The SMILES string of the molecule is Cc1cccc(N2CCN(C(=O)Cn3cccc3-c3nnc(-c4ccccc4)o3)CC2)c1C. The van der Waals surface area contributed by atoms with Crippen molar-refractivity contribution in [2.45, 2.75) is 20.4 Å². The number of carbonyl (C=O) groups is 1. The summed E-state index contributed by atoms with van der Waals surface area (Å²) in [6, 6.07) is 19.9. The number of amides is 1. The van der Waals surface area contributed by atoms with E-state index in [1.807, 2.05) is 58.1 Å². The second kappa shape index (κ2) is 8.94. The second-order valence-corrected chi connectivity index (χ2v) is 8.39. The second-order valence-electron chi connectivity index (χ2n) is 8.39. The molecule has 0 bridgehead atoms. The van der Waals surface area contributed by atoms with Gasteiger partial charge in [0.1, 0.15) is 12.2 Å². The minimum absolute atomic E-state index is 0.0934. The molecule has 0 saturated carbocycles. The van der Waals surface area contributed by atoms with Crippen LogP contribution in [0.25, 0.3) is 23.0 Å². The van der Waals surface area contributed by atoms with Crippen LogP contribution in [0.4, 0.5) is 5.69 Å². The first-order valence-corrected chi connectivity index (χ1v) is 11.2. The number of hydrogen-bond donors (Lipinski definition) is 0. The summed E-state index contributed by atoms with van der Waals surface area (Å²) >= 11 is 0. The maximum atomic E-state index is 13.1. The number of hydrogen-bond acceptors (Lipinski definition) is 5. The molecule has 33 heavy (non-hydrogen) atoms. The number of nitrogens with zero attached hydrogens (tertiary/aromatic N) is 5. The zero-order valence-electron chi connectivity index (χ0n) is 18.9. The molecule has 0 spiro atoms. The number of rotatable bonds is 5. The molecule has 0 N–H and O–H groups in total. The molecule has 3 heterocycles. The van der Waals surface area contributed by atoms with Gasteiger partial charge in [0.25, 0.3) is 5.89 Å². The lowest BCUT2D eigenvalue weighted by molar-refractivity contribution is -0.132. The number of benzene rings is 2. The number of anilines is 1. The number of aryl methyl sites for hydroxylation is 1. The van der Waals surface area contributed by atoms with Crippen molar-refractivity contribution in [3.05, 3.63) is 78.0 Å². The van der Waals surface area contributed by atoms with Crippen molar-refractivity contribution in [2.24, 2.45) is 0 Å². The van der Waals surface area contributed by atoms with Crippen molar-refractivity contribution in [3.63, 3.8) is 0 Å². The zero-order chi connectivity index (χ0) is 22.8. The van der Waals surface area contributed by atoms with Crippen molar-refractivity contribution in [1.29, 1.82) is 0 Å². The predicted molar refractivity (Wildman–Crippen MR) is 128 cm³/mol. The fraction of sp³-hybridized carbons (Fsp3) is 0.269. The highest BCUT2D eigenvalue weighted by molar-refractivity contribution is 5.77. The fourth-order valence-electron chi connectivity index (χ4n) is 4.29. The summed E-state index contributed by atoms with van der Waals surface area (Å²) in [5.74, 6) is 0.967. The topological polar surface area (TPSA) is 67.4 Å². The van der Waals surface area contributed by atoms with Crippen molar-refractivity contribution < 1.29 is 9.21 Å². The van der Waals surface area contributed by atoms with Crippen LogP contribution in [0.15, 0.2) is 71.3 Å². The molecule has 0 radical (unpaired) electrons. The van der Waals surface area contributed by atoms with Crippen LogP contribution in [-0.2, 0) is 11.3 Å². The predicted octanol–water partition coefficient (Wildman–Crippen LogP) is 4.17. The molecule has 2 aromatic heterocycles. The smallest absolute Gasteiger partial charge is 0.264 e. The third-order valence-electron chi connectivity index (χ3n) is 6.35. The average molecular weight is 442 g/mol. The molecule has 4 aromatic rings. The molecular formula is C26H27N5O2. The van der Waals surface area contributed by atoms with Gasteiger partial charge in [0.05, 0.1) is 0 Å². The van der Waals surface area contributed by atoms with Gasteiger partial charge in [-0.15, -0.1) is 10.2 Å². The Morgan fingerprint density at radius 3 is 2.42 bits per heavy atom.